The first kappa shape index (κ1) is 12.4. The number of rotatable bonds is 2. The van der Waals surface area contributed by atoms with Crippen molar-refractivity contribution in [3.05, 3.63) is 69.5 Å². The summed E-state index contributed by atoms with van der Waals surface area (Å²) in [4.78, 5) is 0. The number of aliphatic hydroxyl groups excluding tert-OH is 1. The van der Waals surface area contributed by atoms with Gasteiger partial charge in [-0.2, -0.15) is 0 Å². The third-order valence-corrected chi connectivity index (χ3v) is 2.97. The van der Waals surface area contributed by atoms with Crippen molar-refractivity contribution in [2.24, 2.45) is 0 Å². The lowest BCUT2D eigenvalue weighted by molar-refractivity contribution is 0.215. The molecule has 0 radical (unpaired) electrons. The fourth-order valence-corrected chi connectivity index (χ4v) is 1.97. The van der Waals surface area contributed by atoms with E-state index in [2.05, 4.69) is 0 Å². The molecule has 1 N–H and O–H groups in total. The predicted molar refractivity (Wildman–Crippen MR) is 66.9 cm³/mol. The molecule has 0 bridgehead atoms. The van der Waals surface area contributed by atoms with Crippen molar-refractivity contribution in [3.63, 3.8) is 0 Å². The molecule has 88 valence electrons. The molecule has 2 aromatic rings. The molecule has 0 aliphatic rings. The quantitative estimate of drug-likeness (QED) is 0.867. The van der Waals surface area contributed by atoms with Gasteiger partial charge in [0.25, 0.3) is 0 Å². The van der Waals surface area contributed by atoms with Crippen LogP contribution in [0, 0.1) is 5.82 Å². The number of halogens is 3. The van der Waals surface area contributed by atoms with Crippen LogP contribution in [-0.4, -0.2) is 5.11 Å². The summed E-state index contributed by atoms with van der Waals surface area (Å²) in [5.41, 5.74) is 0.665. The monoisotopic (exact) mass is 270 g/mol. The highest BCUT2D eigenvalue weighted by Crippen LogP contribution is 2.28. The van der Waals surface area contributed by atoms with Gasteiger partial charge >= 0.3 is 0 Å². The maximum Gasteiger partial charge on any atom is 0.147 e. The van der Waals surface area contributed by atoms with Crippen molar-refractivity contribution in [1.82, 2.24) is 0 Å². The van der Waals surface area contributed by atoms with Gasteiger partial charge in [-0.05, 0) is 23.8 Å². The molecule has 0 aliphatic carbocycles. The van der Waals surface area contributed by atoms with E-state index in [1.165, 1.54) is 12.1 Å². The summed E-state index contributed by atoms with van der Waals surface area (Å²) in [7, 11) is 0. The van der Waals surface area contributed by atoms with Crippen LogP contribution in [-0.2, 0) is 0 Å². The van der Waals surface area contributed by atoms with Crippen molar-refractivity contribution in [2.45, 2.75) is 6.10 Å². The molecule has 2 aromatic carbocycles. The molecule has 0 fully saturated rings. The normalized spacial score (nSPS) is 12.5. The second kappa shape index (κ2) is 5.05. The van der Waals surface area contributed by atoms with Gasteiger partial charge in [0.05, 0.1) is 5.02 Å². The average molecular weight is 271 g/mol. The number of aliphatic hydroxyl groups is 1. The highest BCUT2D eigenvalue weighted by molar-refractivity contribution is 6.31. The van der Waals surface area contributed by atoms with E-state index in [1.807, 2.05) is 0 Å². The Kier molecular flexibility index (Phi) is 3.67. The van der Waals surface area contributed by atoms with E-state index in [0.29, 0.717) is 10.6 Å². The van der Waals surface area contributed by atoms with Crippen LogP contribution in [0.15, 0.2) is 42.5 Å². The van der Waals surface area contributed by atoms with Crippen LogP contribution in [0.25, 0.3) is 0 Å². The van der Waals surface area contributed by atoms with E-state index in [1.54, 1.807) is 30.3 Å². The second-order valence-electron chi connectivity index (χ2n) is 3.60. The Morgan fingerprint density at radius 1 is 1.06 bits per heavy atom. The molecule has 0 heterocycles. The molecule has 0 saturated carbocycles. The largest absolute Gasteiger partial charge is 0.384 e. The molecular formula is C13H9Cl2FO. The lowest BCUT2D eigenvalue weighted by Gasteiger charge is -2.13. The fourth-order valence-electron chi connectivity index (χ4n) is 1.59. The van der Waals surface area contributed by atoms with Gasteiger partial charge in [-0.25, -0.2) is 4.39 Å². The third kappa shape index (κ3) is 2.60. The van der Waals surface area contributed by atoms with Crippen LogP contribution in [0.1, 0.15) is 17.2 Å². The molecule has 0 aromatic heterocycles. The van der Waals surface area contributed by atoms with Gasteiger partial charge in [0.1, 0.15) is 11.9 Å². The number of hydrogen-bond acceptors (Lipinski definition) is 1. The summed E-state index contributed by atoms with van der Waals surface area (Å²) >= 11 is 11.5. The number of benzene rings is 2. The SMILES string of the molecule is OC(c1cccc(Cl)c1)c1cccc(Cl)c1F. The molecule has 0 amide bonds. The van der Waals surface area contributed by atoms with Crippen molar-refractivity contribution in [1.29, 1.82) is 0 Å². The second-order valence-corrected chi connectivity index (χ2v) is 4.44. The van der Waals surface area contributed by atoms with Crippen molar-refractivity contribution < 1.29 is 9.50 Å². The van der Waals surface area contributed by atoms with Crippen LogP contribution in [0.4, 0.5) is 4.39 Å². The van der Waals surface area contributed by atoms with E-state index in [-0.39, 0.29) is 10.6 Å². The molecular weight excluding hydrogens is 262 g/mol. The minimum Gasteiger partial charge on any atom is -0.384 e. The Morgan fingerprint density at radius 2 is 1.76 bits per heavy atom. The first-order valence-electron chi connectivity index (χ1n) is 4.97. The first-order chi connectivity index (χ1) is 8.09. The van der Waals surface area contributed by atoms with Crippen LogP contribution in [0.5, 0.6) is 0 Å². The lowest BCUT2D eigenvalue weighted by Crippen LogP contribution is -2.02. The fraction of sp³-hybridized carbons (Fsp3) is 0.0769. The topological polar surface area (TPSA) is 20.2 Å². The van der Waals surface area contributed by atoms with E-state index in [4.69, 9.17) is 23.2 Å². The summed E-state index contributed by atoms with van der Waals surface area (Å²) in [6.45, 7) is 0. The molecule has 0 spiro atoms. The summed E-state index contributed by atoms with van der Waals surface area (Å²) < 4.78 is 13.7. The highest BCUT2D eigenvalue weighted by Gasteiger charge is 2.16. The van der Waals surface area contributed by atoms with E-state index < -0.39 is 11.9 Å². The Hall–Kier alpha value is -1.09. The zero-order chi connectivity index (χ0) is 12.4. The molecule has 1 unspecified atom stereocenters. The molecule has 2 rings (SSSR count). The Bertz CT molecular complexity index is 543. The van der Waals surface area contributed by atoms with Crippen molar-refractivity contribution in [2.75, 3.05) is 0 Å². The van der Waals surface area contributed by atoms with Crippen molar-refractivity contribution >= 4 is 23.2 Å². The minimum absolute atomic E-state index is 0.0106. The Balaban J connectivity index is 2.44. The van der Waals surface area contributed by atoms with E-state index in [0.717, 1.165) is 0 Å². The lowest BCUT2D eigenvalue weighted by atomic mass is 10.0. The summed E-state index contributed by atoms with van der Waals surface area (Å²) in [5.74, 6) is -0.610. The maximum absolute atomic E-state index is 13.7. The van der Waals surface area contributed by atoms with Gasteiger partial charge in [0, 0.05) is 10.6 Å². The van der Waals surface area contributed by atoms with Gasteiger partial charge in [-0.3, -0.25) is 0 Å². The van der Waals surface area contributed by atoms with Gasteiger partial charge in [0.2, 0.25) is 0 Å². The molecule has 4 heteroatoms. The molecule has 1 atom stereocenters. The zero-order valence-corrected chi connectivity index (χ0v) is 10.2. The zero-order valence-electron chi connectivity index (χ0n) is 8.70. The van der Waals surface area contributed by atoms with Gasteiger partial charge in [-0.15, -0.1) is 0 Å². The summed E-state index contributed by atoms with van der Waals surface area (Å²) in [6, 6.07) is 11.2. The number of hydrogen-bond donors (Lipinski definition) is 1. The van der Waals surface area contributed by atoms with Crippen molar-refractivity contribution in [3.8, 4) is 0 Å². The summed E-state index contributed by atoms with van der Waals surface area (Å²) in [5, 5.41) is 10.5. The van der Waals surface area contributed by atoms with E-state index >= 15 is 0 Å². The summed E-state index contributed by atoms with van der Waals surface area (Å²) in [6.07, 6.45) is -1.08. The average Bonchev–Trinajstić information content (AvgIpc) is 2.32. The Labute approximate surface area is 108 Å². The Morgan fingerprint density at radius 3 is 2.47 bits per heavy atom. The van der Waals surface area contributed by atoms with Crippen LogP contribution in [0.3, 0.4) is 0 Å². The van der Waals surface area contributed by atoms with Crippen LogP contribution in [0.2, 0.25) is 10.0 Å². The van der Waals surface area contributed by atoms with Crippen LogP contribution >= 0.6 is 23.2 Å². The van der Waals surface area contributed by atoms with Gasteiger partial charge < -0.3 is 5.11 Å². The first-order valence-corrected chi connectivity index (χ1v) is 5.72. The van der Waals surface area contributed by atoms with Gasteiger partial charge in [-0.1, -0.05) is 47.5 Å². The van der Waals surface area contributed by atoms with Crippen LogP contribution < -0.4 is 0 Å². The van der Waals surface area contributed by atoms with Gasteiger partial charge in [0.15, 0.2) is 0 Å². The molecule has 1 nitrogen and oxygen atoms in total. The molecule has 0 saturated heterocycles. The van der Waals surface area contributed by atoms with E-state index in [9.17, 15) is 9.50 Å². The minimum atomic E-state index is -1.08. The molecule has 0 aliphatic heterocycles. The molecule has 17 heavy (non-hydrogen) atoms. The standard InChI is InChI=1S/C13H9Cl2FO/c14-9-4-1-3-8(7-9)13(17)10-5-2-6-11(15)12(10)16/h1-7,13,17H. The smallest absolute Gasteiger partial charge is 0.147 e. The third-order valence-electron chi connectivity index (χ3n) is 2.44. The predicted octanol–water partition coefficient (Wildman–Crippen LogP) is 4.21. The maximum atomic E-state index is 13.7. The highest BCUT2D eigenvalue weighted by atomic mass is 35.5.